The van der Waals surface area contributed by atoms with E-state index < -0.39 is 0 Å². The van der Waals surface area contributed by atoms with Gasteiger partial charge in [0.05, 0.1) is 13.2 Å². The Labute approximate surface area is 263 Å². The van der Waals surface area contributed by atoms with E-state index in [0.717, 1.165) is 65.0 Å². The monoisotopic (exact) mass is 696 g/mol. The Kier molecular flexibility index (Phi) is 10.1. The largest absolute Gasteiger partial charge is 0.507 e. The van der Waals surface area contributed by atoms with Gasteiger partial charge in [0, 0.05) is 48.8 Å². The molecule has 6 nitrogen and oxygen atoms in total. The molecule has 5 rings (SSSR count). The number of benzene rings is 4. The van der Waals surface area contributed by atoms with Crippen molar-refractivity contribution in [2.45, 2.75) is 25.7 Å². The minimum absolute atomic E-state index is 0.249. The summed E-state index contributed by atoms with van der Waals surface area (Å²) in [5.41, 5.74) is 6.89. The SMILES string of the molecule is COCCOc1c2cccc1Cc1cc(Br)cc(c1O)Cc1cccc(c1OCCOC)Cc1cc(Br)cc(c1O)C2. The van der Waals surface area contributed by atoms with E-state index in [-0.39, 0.29) is 11.5 Å². The van der Waals surface area contributed by atoms with Crippen LogP contribution < -0.4 is 9.47 Å². The Morgan fingerprint density at radius 3 is 1.12 bits per heavy atom. The zero-order valence-electron chi connectivity index (χ0n) is 23.7. The maximum atomic E-state index is 11.5. The quantitative estimate of drug-likeness (QED) is 0.165. The predicted molar refractivity (Wildman–Crippen MR) is 170 cm³/mol. The lowest BCUT2D eigenvalue weighted by Crippen LogP contribution is -2.10. The number of methoxy groups -OCH3 is 2. The summed E-state index contributed by atoms with van der Waals surface area (Å²) in [5.74, 6) is 1.97. The van der Waals surface area contributed by atoms with E-state index >= 15 is 0 Å². The van der Waals surface area contributed by atoms with Crippen LogP contribution in [0.3, 0.4) is 0 Å². The molecule has 4 aromatic carbocycles. The van der Waals surface area contributed by atoms with Gasteiger partial charge in [-0.1, -0.05) is 68.3 Å². The highest BCUT2D eigenvalue weighted by Gasteiger charge is 2.21. The number of hydrogen-bond donors (Lipinski definition) is 2. The van der Waals surface area contributed by atoms with Crippen LogP contribution in [-0.2, 0) is 35.2 Å². The normalized spacial score (nSPS) is 12.7. The molecule has 0 atom stereocenters. The van der Waals surface area contributed by atoms with Gasteiger partial charge < -0.3 is 29.2 Å². The van der Waals surface area contributed by atoms with Gasteiger partial charge in [0.15, 0.2) is 0 Å². The number of rotatable bonds is 8. The van der Waals surface area contributed by atoms with E-state index in [1.807, 2.05) is 60.7 Å². The Hall–Kier alpha value is -3.04. The van der Waals surface area contributed by atoms with Gasteiger partial charge in [-0.3, -0.25) is 0 Å². The highest BCUT2D eigenvalue weighted by molar-refractivity contribution is 9.10. The molecular formula is C34H34Br2O6. The minimum Gasteiger partial charge on any atom is -0.507 e. The van der Waals surface area contributed by atoms with E-state index in [9.17, 15) is 10.2 Å². The molecular weight excluding hydrogens is 664 g/mol. The number of halogens is 2. The molecule has 1 aliphatic carbocycles. The summed E-state index contributed by atoms with van der Waals surface area (Å²) < 4.78 is 24.9. The highest BCUT2D eigenvalue weighted by atomic mass is 79.9. The summed E-state index contributed by atoms with van der Waals surface area (Å²) in [6.45, 7) is 1.65. The molecule has 2 N–H and O–H groups in total. The van der Waals surface area contributed by atoms with Gasteiger partial charge in [0.2, 0.25) is 0 Å². The third kappa shape index (κ3) is 6.94. The molecule has 0 aliphatic heterocycles. The van der Waals surface area contributed by atoms with Crippen LogP contribution in [0.25, 0.3) is 0 Å². The first-order chi connectivity index (χ1) is 20.4. The van der Waals surface area contributed by atoms with Crippen LogP contribution in [0.15, 0.2) is 69.6 Å². The van der Waals surface area contributed by atoms with Crippen molar-refractivity contribution in [2.24, 2.45) is 0 Å². The van der Waals surface area contributed by atoms with Crippen molar-refractivity contribution in [3.05, 3.63) is 114 Å². The second-order valence-corrected chi connectivity index (χ2v) is 12.2. The van der Waals surface area contributed by atoms with E-state index in [1.54, 1.807) is 14.2 Å². The Morgan fingerprint density at radius 1 is 0.524 bits per heavy atom. The molecule has 8 bridgehead atoms. The van der Waals surface area contributed by atoms with Crippen LogP contribution in [-0.4, -0.2) is 50.9 Å². The third-order valence-electron chi connectivity index (χ3n) is 7.41. The average Bonchev–Trinajstić information content (AvgIpc) is 2.96. The lowest BCUT2D eigenvalue weighted by atomic mass is 9.91. The molecule has 0 radical (unpaired) electrons. The van der Waals surface area contributed by atoms with Crippen LogP contribution >= 0.6 is 31.9 Å². The maximum absolute atomic E-state index is 11.5. The smallest absolute Gasteiger partial charge is 0.126 e. The number of aromatic hydroxyl groups is 2. The summed E-state index contributed by atoms with van der Waals surface area (Å²) in [7, 11) is 3.29. The van der Waals surface area contributed by atoms with E-state index in [2.05, 4.69) is 31.9 Å². The first-order valence-corrected chi connectivity index (χ1v) is 15.4. The molecule has 1 aliphatic rings. The number of para-hydroxylation sites is 2. The van der Waals surface area contributed by atoms with Crippen molar-refractivity contribution in [3.63, 3.8) is 0 Å². The molecule has 4 aromatic rings. The molecule has 8 heteroatoms. The molecule has 42 heavy (non-hydrogen) atoms. The van der Waals surface area contributed by atoms with Gasteiger partial charge >= 0.3 is 0 Å². The lowest BCUT2D eigenvalue weighted by Gasteiger charge is -2.21. The fourth-order valence-electron chi connectivity index (χ4n) is 5.45. The molecule has 0 unspecified atom stereocenters. The summed E-state index contributed by atoms with van der Waals surface area (Å²) in [6, 6.07) is 19.9. The first-order valence-electron chi connectivity index (χ1n) is 13.8. The molecule has 0 saturated carbocycles. The maximum Gasteiger partial charge on any atom is 0.126 e. The number of fused-ring (bicyclic) bond motifs is 8. The molecule has 0 saturated heterocycles. The number of ether oxygens (including phenoxy) is 4. The molecule has 0 spiro atoms. The first kappa shape index (κ1) is 30.4. The Balaban J connectivity index is 1.71. The molecule has 0 amide bonds. The van der Waals surface area contributed by atoms with E-state index in [0.29, 0.717) is 52.1 Å². The Bertz CT molecular complexity index is 1360. The van der Waals surface area contributed by atoms with Gasteiger partial charge in [-0.15, -0.1) is 0 Å². The van der Waals surface area contributed by atoms with Crippen LogP contribution in [0.2, 0.25) is 0 Å². The second-order valence-electron chi connectivity index (χ2n) is 10.3. The molecule has 0 aromatic heterocycles. The molecule has 0 fully saturated rings. The number of phenolic OH excluding ortho intramolecular Hbond substituents is 2. The Morgan fingerprint density at radius 2 is 0.833 bits per heavy atom. The zero-order chi connectivity index (χ0) is 29.6. The van der Waals surface area contributed by atoms with Crippen molar-refractivity contribution in [2.75, 3.05) is 40.6 Å². The van der Waals surface area contributed by atoms with Crippen LogP contribution in [0.1, 0.15) is 44.5 Å². The second kappa shape index (κ2) is 14.0. The fraction of sp³-hybridized carbons (Fsp3) is 0.294. The number of hydrogen-bond acceptors (Lipinski definition) is 6. The molecule has 220 valence electrons. The minimum atomic E-state index is 0.249. The summed E-state index contributed by atoms with van der Waals surface area (Å²) in [6.07, 6.45) is 1.84. The topological polar surface area (TPSA) is 77.4 Å². The average molecular weight is 698 g/mol. The van der Waals surface area contributed by atoms with Crippen LogP contribution in [0, 0.1) is 0 Å². The zero-order valence-corrected chi connectivity index (χ0v) is 26.9. The highest BCUT2D eigenvalue weighted by Crippen LogP contribution is 2.39. The standard InChI is InChI=1S/C34H34Br2O6/c1-39-9-11-41-33-21-5-3-6-22(33)14-26-18-30(36)20-28(32(26)38)16-24-8-4-7-23(34(24)42-12-10-40-2)15-27-19-29(35)17-25(13-21)31(27)37/h3-8,17-20,37-38H,9-16H2,1-2H3. The van der Waals surface area contributed by atoms with Crippen molar-refractivity contribution in [3.8, 4) is 23.0 Å². The lowest BCUT2D eigenvalue weighted by molar-refractivity contribution is 0.145. The van der Waals surface area contributed by atoms with Gasteiger partial charge in [-0.05, 0) is 68.8 Å². The van der Waals surface area contributed by atoms with E-state index in [4.69, 9.17) is 18.9 Å². The van der Waals surface area contributed by atoms with Crippen molar-refractivity contribution >= 4 is 31.9 Å². The van der Waals surface area contributed by atoms with Crippen molar-refractivity contribution in [1.29, 1.82) is 0 Å². The fourth-order valence-corrected chi connectivity index (χ4v) is 6.56. The van der Waals surface area contributed by atoms with Gasteiger partial charge in [0.25, 0.3) is 0 Å². The van der Waals surface area contributed by atoms with E-state index in [1.165, 1.54) is 0 Å². The van der Waals surface area contributed by atoms with Gasteiger partial charge in [0.1, 0.15) is 36.2 Å². The summed E-state index contributed by atoms with van der Waals surface area (Å²) in [4.78, 5) is 0. The number of phenols is 2. The van der Waals surface area contributed by atoms with Gasteiger partial charge in [-0.2, -0.15) is 0 Å². The summed E-state index contributed by atoms with van der Waals surface area (Å²) in [5, 5.41) is 23.1. The summed E-state index contributed by atoms with van der Waals surface area (Å²) >= 11 is 7.35. The van der Waals surface area contributed by atoms with Crippen molar-refractivity contribution in [1.82, 2.24) is 0 Å². The van der Waals surface area contributed by atoms with Gasteiger partial charge in [-0.25, -0.2) is 0 Å². The molecule has 0 heterocycles. The van der Waals surface area contributed by atoms with Crippen LogP contribution in [0.4, 0.5) is 0 Å². The third-order valence-corrected chi connectivity index (χ3v) is 8.33. The van der Waals surface area contributed by atoms with Crippen molar-refractivity contribution < 1.29 is 29.2 Å². The van der Waals surface area contributed by atoms with Crippen LogP contribution in [0.5, 0.6) is 23.0 Å². The predicted octanol–water partition coefficient (Wildman–Crippen LogP) is 7.35.